The number of aromatic nitrogens is 3. The molecule has 0 saturated heterocycles. The van der Waals surface area contributed by atoms with E-state index in [0.717, 1.165) is 30.6 Å². The lowest BCUT2D eigenvalue weighted by molar-refractivity contribution is -0.0303. The Morgan fingerprint density at radius 3 is 2.71 bits per heavy atom. The number of aliphatic imine (C=N–C) groups is 2. The number of nitrogens with two attached hydrogens (primary N) is 1. The van der Waals surface area contributed by atoms with Gasteiger partial charge in [0.1, 0.15) is 23.2 Å². The monoisotopic (exact) mass is 550 g/mol. The Labute approximate surface area is 221 Å². The third-order valence-corrected chi connectivity index (χ3v) is 5.69. The third kappa shape index (κ3) is 7.28. The van der Waals surface area contributed by atoms with Crippen LogP contribution in [-0.4, -0.2) is 57.1 Å². The number of amides is 1. The van der Waals surface area contributed by atoms with Crippen LogP contribution in [0.5, 0.6) is 0 Å². The molecule has 1 aliphatic carbocycles. The summed E-state index contributed by atoms with van der Waals surface area (Å²) in [4.78, 5) is 30.5. The van der Waals surface area contributed by atoms with Gasteiger partial charge in [-0.1, -0.05) is 18.7 Å². The molecule has 3 aromatic rings. The van der Waals surface area contributed by atoms with Gasteiger partial charge in [-0.05, 0) is 43.0 Å². The second kappa shape index (κ2) is 11.5. The van der Waals surface area contributed by atoms with Gasteiger partial charge in [-0.3, -0.25) is 14.2 Å². The van der Waals surface area contributed by atoms with Gasteiger partial charge in [0.2, 0.25) is 5.78 Å². The predicted molar refractivity (Wildman–Crippen MR) is 138 cm³/mol. The largest absolute Gasteiger partial charge is 0.438 e. The Kier molecular flexibility index (Phi) is 8.31. The molecule has 0 radical (unpaired) electrons. The molecule has 1 aliphatic heterocycles. The molecule has 1 amide bonds. The van der Waals surface area contributed by atoms with Crippen LogP contribution in [0.1, 0.15) is 51.6 Å². The van der Waals surface area contributed by atoms with Crippen LogP contribution >= 0.6 is 12.6 Å². The van der Waals surface area contributed by atoms with Gasteiger partial charge in [0.25, 0.3) is 5.91 Å². The van der Waals surface area contributed by atoms with Crippen LogP contribution in [0.25, 0.3) is 5.78 Å². The van der Waals surface area contributed by atoms with Crippen LogP contribution in [0.4, 0.5) is 17.6 Å². The van der Waals surface area contributed by atoms with Gasteiger partial charge in [-0.2, -0.15) is 13.2 Å². The Hall–Kier alpha value is -3.52. The molecule has 38 heavy (non-hydrogen) atoms. The number of rotatable bonds is 5. The van der Waals surface area contributed by atoms with Crippen molar-refractivity contribution in [3.05, 3.63) is 64.5 Å². The standard InChI is InChI=1S/C23H25FN8O.CHF3S/c1-13-9-29-23-31-19(15-3-4-15)20(32(23)12-13)22(33)28-10-14-2-5-16(17(24)8-14)21(25)30-18-11-26-6-7-27-18;2-1(3,4)5/h2,5,8-9,12,15,26H,3-4,6-7,10-11H2,1H3,(H,28,33)(H2,25,27,30);5H. The molecule has 4 N–H and O–H groups in total. The van der Waals surface area contributed by atoms with Gasteiger partial charge < -0.3 is 16.4 Å². The summed E-state index contributed by atoms with van der Waals surface area (Å²) in [7, 11) is 0. The minimum atomic E-state index is -4.31. The first-order valence-corrected chi connectivity index (χ1v) is 12.2. The lowest BCUT2D eigenvalue weighted by atomic mass is 10.1. The van der Waals surface area contributed by atoms with E-state index in [2.05, 4.69) is 43.2 Å². The van der Waals surface area contributed by atoms with Crippen LogP contribution in [-0.2, 0) is 6.54 Å². The Morgan fingerprint density at radius 1 is 1.34 bits per heavy atom. The van der Waals surface area contributed by atoms with E-state index in [4.69, 9.17) is 5.73 Å². The third-order valence-electron chi connectivity index (χ3n) is 5.69. The normalized spacial score (nSPS) is 16.1. The van der Waals surface area contributed by atoms with E-state index in [-0.39, 0.29) is 29.8 Å². The number of halogens is 4. The van der Waals surface area contributed by atoms with Gasteiger partial charge in [-0.15, -0.1) is 0 Å². The van der Waals surface area contributed by atoms with Crippen LogP contribution in [0.3, 0.4) is 0 Å². The number of nitrogens with zero attached hydrogens (tertiary/aromatic N) is 5. The molecular formula is C24H26F4N8OS. The van der Waals surface area contributed by atoms with E-state index < -0.39 is 11.3 Å². The summed E-state index contributed by atoms with van der Waals surface area (Å²) in [5, 5.41) is 6.04. The average Bonchev–Trinajstić information content (AvgIpc) is 3.62. The summed E-state index contributed by atoms with van der Waals surface area (Å²) >= 11 is 2.12. The van der Waals surface area contributed by atoms with E-state index in [9.17, 15) is 22.4 Å². The summed E-state index contributed by atoms with van der Waals surface area (Å²) in [6.07, 6.45) is 5.62. The molecule has 0 unspecified atom stereocenters. The highest BCUT2D eigenvalue weighted by molar-refractivity contribution is 7.81. The van der Waals surface area contributed by atoms with Gasteiger partial charge in [0.05, 0.1) is 24.3 Å². The first-order valence-electron chi connectivity index (χ1n) is 11.8. The Morgan fingerprint density at radius 2 is 2.08 bits per heavy atom. The smallest absolute Gasteiger partial charge is 0.383 e. The van der Waals surface area contributed by atoms with Crippen molar-refractivity contribution in [2.75, 3.05) is 19.6 Å². The van der Waals surface area contributed by atoms with E-state index in [1.165, 1.54) is 6.07 Å². The number of carbonyl (C=O) groups excluding carboxylic acids is 1. The van der Waals surface area contributed by atoms with Crippen molar-refractivity contribution in [1.29, 1.82) is 0 Å². The van der Waals surface area contributed by atoms with Crippen LogP contribution in [0, 0.1) is 12.7 Å². The van der Waals surface area contributed by atoms with E-state index in [0.29, 0.717) is 36.0 Å². The van der Waals surface area contributed by atoms with Crippen molar-refractivity contribution in [2.45, 2.75) is 37.7 Å². The number of alkyl halides is 3. The summed E-state index contributed by atoms with van der Waals surface area (Å²) in [5.74, 6) is 0.670. The molecule has 1 fully saturated rings. The van der Waals surface area contributed by atoms with E-state index in [1.54, 1.807) is 22.7 Å². The zero-order valence-corrected chi connectivity index (χ0v) is 21.3. The second-order valence-electron chi connectivity index (χ2n) is 8.86. The molecule has 2 aliphatic rings. The van der Waals surface area contributed by atoms with Crippen molar-refractivity contribution in [2.24, 2.45) is 15.7 Å². The SMILES string of the molecule is Cc1cnc2nc(C3CC3)c(C(=O)NCc3ccc(C(N)=NC4=NCCNC4)c(F)c3)n2c1.FC(F)(F)S. The maximum atomic E-state index is 14.7. The van der Waals surface area contributed by atoms with Crippen molar-refractivity contribution in [1.82, 2.24) is 25.0 Å². The number of hydrogen-bond acceptors (Lipinski definition) is 7. The maximum absolute atomic E-state index is 14.7. The van der Waals surface area contributed by atoms with Crippen LogP contribution < -0.4 is 16.4 Å². The first kappa shape index (κ1) is 27.5. The number of carbonyl (C=O) groups is 1. The van der Waals surface area contributed by atoms with Gasteiger partial charge in [-0.25, -0.2) is 19.4 Å². The zero-order valence-electron chi connectivity index (χ0n) is 20.4. The average molecular weight is 551 g/mol. The zero-order chi connectivity index (χ0) is 27.4. The minimum absolute atomic E-state index is 0.0770. The fourth-order valence-electron chi connectivity index (χ4n) is 3.85. The molecule has 14 heteroatoms. The van der Waals surface area contributed by atoms with Crippen molar-refractivity contribution < 1.29 is 22.4 Å². The highest BCUT2D eigenvalue weighted by atomic mass is 32.1. The number of hydrogen-bond donors (Lipinski definition) is 4. The second-order valence-corrected chi connectivity index (χ2v) is 9.36. The minimum Gasteiger partial charge on any atom is -0.383 e. The fourth-order valence-corrected chi connectivity index (χ4v) is 3.85. The fraction of sp³-hybridized carbons (Fsp3) is 0.375. The van der Waals surface area contributed by atoms with Crippen molar-refractivity contribution >= 4 is 36.0 Å². The molecule has 0 atom stereocenters. The molecule has 2 aromatic heterocycles. The molecule has 9 nitrogen and oxygen atoms in total. The Bertz CT molecular complexity index is 1390. The van der Waals surface area contributed by atoms with Gasteiger partial charge in [0.15, 0.2) is 0 Å². The maximum Gasteiger partial charge on any atom is 0.438 e. The van der Waals surface area contributed by atoms with Crippen LogP contribution in [0.15, 0.2) is 40.6 Å². The van der Waals surface area contributed by atoms with Crippen molar-refractivity contribution in [3.63, 3.8) is 0 Å². The highest BCUT2D eigenvalue weighted by Gasteiger charge is 2.33. The molecule has 1 aromatic carbocycles. The summed E-state index contributed by atoms with van der Waals surface area (Å²) in [5.41, 5.74) is 4.72. The van der Waals surface area contributed by atoms with Crippen LogP contribution in [0.2, 0.25) is 0 Å². The number of amidine groups is 2. The van der Waals surface area contributed by atoms with E-state index in [1.807, 2.05) is 13.1 Å². The summed E-state index contributed by atoms with van der Waals surface area (Å²) < 4.78 is 47.1. The molecule has 1 saturated carbocycles. The summed E-state index contributed by atoms with van der Waals surface area (Å²) in [6.45, 7) is 4.01. The molecule has 0 bridgehead atoms. The summed E-state index contributed by atoms with van der Waals surface area (Å²) in [6, 6.07) is 4.66. The lowest BCUT2D eigenvalue weighted by Gasteiger charge is -2.11. The molecule has 202 valence electrons. The number of nitrogens with one attached hydrogen (secondary N) is 2. The van der Waals surface area contributed by atoms with Gasteiger partial charge >= 0.3 is 5.51 Å². The highest BCUT2D eigenvalue weighted by Crippen LogP contribution is 2.41. The number of imidazole rings is 1. The van der Waals surface area contributed by atoms with Crippen molar-refractivity contribution in [3.8, 4) is 0 Å². The number of thiol groups is 1. The predicted octanol–water partition coefficient (Wildman–Crippen LogP) is 3.13. The van der Waals surface area contributed by atoms with E-state index >= 15 is 0 Å². The molecule has 3 heterocycles. The van der Waals surface area contributed by atoms with Gasteiger partial charge in [0, 0.05) is 31.4 Å². The number of benzene rings is 1. The number of aryl methyl sites for hydroxylation is 1. The number of fused-ring (bicyclic) bond motifs is 1. The Balaban J connectivity index is 0.000000617. The quantitative estimate of drug-likeness (QED) is 0.168. The lowest BCUT2D eigenvalue weighted by Crippen LogP contribution is -2.31. The molecule has 5 rings (SSSR count). The molecule has 0 spiro atoms. The first-order chi connectivity index (χ1) is 18.0. The molecular weight excluding hydrogens is 524 g/mol. The topological polar surface area (TPSA) is 122 Å².